The highest BCUT2D eigenvalue weighted by Gasteiger charge is 2.05. The summed E-state index contributed by atoms with van der Waals surface area (Å²) in [5.74, 6) is 0.368. The number of halogens is 2. The molecular formula is C6H4Cl2N4S. The quantitative estimate of drug-likeness (QED) is 0.749. The maximum absolute atomic E-state index is 5.70. The molecule has 0 aliphatic carbocycles. The van der Waals surface area contributed by atoms with Crippen LogP contribution in [-0.2, 0) is 5.88 Å². The van der Waals surface area contributed by atoms with Gasteiger partial charge in [-0.05, 0) is 0 Å². The van der Waals surface area contributed by atoms with Gasteiger partial charge in [0.05, 0.1) is 23.3 Å². The van der Waals surface area contributed by atoms with E-state index in [4.69, 9.17) is 23.2 Å². The third kappa shape index (κ3) is 1.82. The average molecular weight is 235 g/mol. The maximum Gasteiger partial charge on any atom is 0.232 e. The van der Waals surface area contributed by atoms with Gasteiger partial charge in [-0.25, -0.2) is 4.68 Å². The molecule has 0 unspecified atom stereocenters. The summed E-state index contributed by atoms with van der Waals surface area (Å²) in [5.41, 5.74) is 0. The zero-order valence-electron chi connectivity index (χ0n) is 6.31. The number of rotatable bonds is 2. The minimum atomic E-state index is 0.368. The lowest BCUT2D eigenvalue weighted by Gasteiger charge is -1.89. The summed E-state index contributed by atoms with van der Waals surface area (Å²) in [6.07, 6.45) is 3.21. The molecule has 0 aliphatic heterocycles. The van der Waals surface area contributed by atoms with E-state index in [-0.39, 0.29) is 0 Å². The van der Waals surface area contributed by atoms with Gasteiger partial charge < -0.3 is 0 Å². The molecule has 0 spiro atoms. The second kappa shape index (κ2) is 3.61. The molecule has 4 nitrogen and oxygen atoms in total. The van der Waals surface area contributed by atoms with Crippen molar-refractivity contribution in [1.29, 1.82) is 0 Å². The van der Waals surface area contributed by atoms with E-state index in [0.29, 0.717) is 16.0 Å². The molecule has 13 heavy (non-hydrogen) atoms. The van der Waals surface area contributed by atoms with Crippen LogP contribution in [0.1, 0.15) is 5.01 Å². The fourth-order valence-corrected chi connectivity index (χ4v) is 1.77. The highest BCUT2D eigenvalue weighted by atomic mass is 35.5. The Kier molecular flexibility index (Phi) is 2.48. The van der Waals surface area contributed by atoms with Crippen LogP contribution in [0.4, 0.5) is 0 Å². The molecule has 2 aromatic rings. The summed E-state index contributed by atoms with van der Waals surface area (Å²) < 4.78 is 1.57. The minimum absolute atomic E-state index is 0.368. The molecule has 2 aromatic heterocycles. The molecule has 0 N–H and O–H groups in total. The van der Waals surface area contributed by atoms with Gasteiger partial charge in [0.15, 0.2) is 0 Å². The van der Waals surface area contributed by atoms with E-state index in [9.17, 15) is 0 Å². The Morgan fingerprint density at radius 2 is 2.31 bits per heavy atom. The summed E-state index contributed by atoms with van der Waals surface area (Å²) in [6.45, 7) is 0. The fraction of sp³-hybridized carbons (Fsp3) is 0.167. The molecule has 0 amide bonds. The number of hydrogen-bond donors (Lipinski definition) is 0. The lowest BCUT2D eigenvalue weighted by atomic mass is 10.7. The van der Waals surface area contributed by atoms with Crippen molar-refractivity contribution in [3.05, 3.63) is 22.4 Å². The van der Waals surface area contributed by atoms with Gasteiger partial charge in [-0.3, -0.25) is 0 Å². The molecular weight excluding hydrogens is 231 g/mol. The predicted molar refractivity (Wildman–Crippen MR) is 51.6 cm³/mol. The number of nitrogens with zero attached hydrogens (tertiary/aromatic N) is 4. The van der Waals surface area contributed by atoms with Crippen LogP contribution in [0.2, 0.25) is 5.02 Å². The first-order valence-electron chi connectivity index (χ1n) is 3.38. The van der Waals surface area contributed by atoms with E-state index in [1.165, 1.54) is 11.3 Å². The van der Waals surface area contributed by atoms with Crippen molar-refractivity contribution in [3.63, 3.8) is 0 Å². The smallest absolute Gasteiger partial charge is 0.211 e. The van der Waals surface area contributed by atoms with E-state index in [1.54, 1.807) is 17.1 Å². The number of alkyl halides is 1. The Morgan fingerprint density at radius 3 is 2.85 bits per heavy atom. The standard InChI is InChI=1S/C6H4Cl2N4S/c7-1-5-10-11-6(13-5)12-3-4(8)2-9-12/h2-3H,1H2. The fourth-order valence-electron chi connectivity index (χ4n) is 0.797. The normalized spacial score (nSPS) is 10.6. The van der Waals surface area contributed by atoms with Crippen molar-refractivity contribution in [2.24, 2.45) is 0 Å². The zero-order valence-corrected chi connectivity index (χ0v) is 8.64. The molecule has 0 atom stereocenters. The van der Waals surface area contributed by atoms with E-state index < -0.39 is 0 Å². The van der Waals surface area contributed by atoms with Crippen LogP contribution in [0.3, 0.4) is 0 Å². The molecule has 68 valence electrons. The van der Waals surface area contributed by atoms with Crippen LogP contribution in [0.5, 0.6) is 0 Å². The summed E-state index contributed by atoms with van der Waals surface area (Å²) in [7, 11) is 0. The summed E-state index contributed by atoms with van der Waals surface area (Å²) >= 11 is 12.7. The molecule has 0 saturated carbocycles. The molecule has 2 rings (SSSR count). The molecule has 0 aliphatic rings. The van der Waals surface area contributed by atoms with Gasteiger partial charge >= 0.3 is 0 Å². The molecule has 0 radical (unpaired) electrons. The van der Waals surface area contributed by atoms with E-state index in [2.05, 4.69) is 15.3 Å². The largest absolute Gasteiger partial charge is 0.232 e. The van der Waals surface area contributed by atoms with Gasteiger partial charge in [0, 0.05) is 0 Å². The molecule has 0 bridgehead atoms. The topological polar surface area (TPSA) is 43.6 Å². The van der Waals surface area contributed by atoms with Crippen molar-refractivity contribution in [1.82, 2.24) is 20.0 Å². The maximum atomic E-state index is 5.70. The molecule has 0 fully saturated rings. The SMILES string of the molecule is ClCc1nnc(-n2cc(Cl)cn2)s1. The Labute approximate surface area is 88.1 Å². The lowest BCUT2D eigenvalue weighted by Crippen LogP contribution is -1.92. The first-order valence-corrected chi connectivity index (χ1v) is 5.11. The first kappa shape index (κ1) is 8.93. The van der Waals surface area contributed by atoms with E-state index in [1.807, 2.05) is 0 Å². The van der Waals surface area contributed by atoms with Crippen molar-refractivity contribution < 1.29 is 0 Å². The Balaban J connectivity index is 2.35. The Morgan fingerprint density at radius 1 is 1.46 bits per heavy atom. The monoisotopic (exact) mass is 234 g/mol. The Hall–Kier alpha value is -0.650. The van der Waals surface area contributed by atoms with Crippen LogP contribution in [-0.4, -0.2) is 20.0 Å². The summed E-state index contributed by atoms with van der Waals surface area (Å²) in [5, 5.41) is 13.7. The Bertz CT molecular complexity index is 410. The van der Waals surface area contributed by atoms with Crippen molar-refractivity contribution in [2.75, 3.05) is 0 Å². The highest BCUT2D eigenvalue weighted by Crippen LogP contribution is 2.17. The minimum Gasteiger partial charge on any atom is -0.211 e. The van der Waals surface area contributed by atoms with Crippen LogP contribution in [0.15, 0.2) is 12.4 Å². The van der Waals surface area contributed by atoms with Gasteiger partial charge in [0.1, 0.15) is 5.01 Å². The van der Waals surface area contributed by atoms with Gasteiger partial charge in [-0.1, -0.05) is 22.9 Å². The highest BCUT2D eigenvalue weighted by molar-refractivity contribution is 7.13. The van der Waals surface area contributed by atoms with Crippen molar-refractivity contribution >= 4 is 34.5 Å². The van der Waals surface area contributed by atoms with Gasteiger partial charge in [-0.15, -0.1) is 21.8 Å². The average Bonchev–Trinajstić information content (AvgIpc) is 2.71. The van der Waals surface area contributed by atoms with Crippen LogP contribution >= 0.6 is 34.5 Å². The molecule has 0 aromatic carbocycles. The van der Waals surface area contributed by atoms with Crippen LogP contribution in [0.25, 0.3) is 5.13 Å². The second-order valence-corrected chi connectivity index (χ2v) is 3.96. The summed E-state index contributed by atoms with van der Waals surface area (Å²) in [4.78, 5) is 0. The predicted octanol–water partition coefficient (Wildman–Crippen LogP) is 2.12. The molecule has 7 heteroatoms. The van der Waals surface area contributed by atoms with Gasteiger partial charge in [0.2, 0.25) is 5.13 Å². The second-order valence-electron chi connectivity index (χ2n) is 2.22. The first-order chi connectivity index (χ1) is 6.29. The summed E-state index contributed by atoms with van der Waals surface area (Å²) in [6, 6.07) is 0. The van der Waals surface area contributed by atoms with Gasteiger partial charge in [-0.2, -0.15) is 5.10 Å². The van der Waals surface area contributed by atoms with Crippen LogP contribution < -0.4 is 0 Å². The van der Waals surface area contributed by atoms with Gasteiger partial charge in [0.25, 0.3) is 0 Å². The third-order valence-corrected chi connectivity index (χ3v) is 2.84. The molecule has 0 saturated heterocycles. The van der Waals surface area contributed by atoms with Crippen molar-refractivity contribution in [2.45, 2.75) is 5.88 Å². The number of aromatic nitrogens is 4. The van der Waals surface area contributed by atoms with Crippen molar-refractivity contribution in [3.8, 4) is 5.13 Å². The number of hydrogen-bond acceptors (Lipinski definition) is 4. The zero-order chi connectivity index (χ0) is 9.26. The molecule has 2 heterocycles. The van der Waals surface area contributed by atoms with E-state index >= 15 is 0 Å². The lowest BCUT2D eigenvalue weighted by molar-refractivity contribution is 0.843. The third-order valence-electron chi connectivity index (χ3n) is 1.32. The van der Waals surface area contributed by atoms with Crippen LogP contribution in [0, 0.1) is 0 Å². The van der Waals surface area contributed by atoms with E-state index in [0.717, 1.165) is 5.01 Å².